The molecule has 0 amide bonds. The molecule has 1 heterocycles. The Morgan fingerprint density at radius 1 is 1.54 bits per heavy atom. The number of nitrogen functional groups attached to an aromatic ring is 1. The minimum Gasteiger partial charge on any atom is -0.493 e. The molecule has 0 fully saturated rings. The number of H-pyrrole nitrogens is 1. The lowest BCUT2D eigenvalue weighted by molar-refractivity contribution is 0.344. The van der Waals surface area contributed by atoms with Crippen molar-refractivity contribution in [3.8, 4) is 5.75 Å². The molecule has 0 saturated carbocycles. The van der Waals surface area contributed by atoms with Gasteiger partial charge in [0.1, 0.15) is 5.75 Å². The van der Waals surface area contributed by atoms with Crippen LogP contribution < -0.4 is 10.5 Å². The summed E-state index contributed by atoms with van der Waals surface area (Å²) in [6.45, 7) is 2.57. The second kappa shape index (κ2) is 2.97. The molecule has 68 valence electrons. The third kappa shape index (κ3) is 1.20. The number of nitrogens with two attached hydrogens (primary N) is 1. The fraction of sp³-hybridized carbons (Fsp3) is 0.222. The number of aromatic amines is 1. The molecule has 2 aromatic rings. The SMILES string of the molecule is CCOc1cccc2[nH]nc(N)c12. The normalized spacial score (nSPS) is 10.5. The van der Waals surface area contributed by atoms with Gasteiger partial charge in [0, 0.05) is 0 Å². The number of ether oxygens (including phenoxy) is 1. The van der Waals surface area contributed by atoms with Crippen molar-refractivity contribution < 1.29 is 4.74 Å². The summed E-state index contributed by atoms with van der Waals surface area (Å²) < 4.78 is 5.42. The van der Waals surface area contributed by atoms with E-state index in [9.17, 15) is 0 Å². The van der Waals surface area contributed by atoms with E-state index in [1.165, 1.54) is 0 Å². The second-order valence-corrected chi connectivity index (χ2v) is 2.72. The Balaban J connectivity index is 2.65. The summed E-state index contributed by atoms with van der Waals surface area (Å²) in [6, 6.07) is 5.71. The third-order valence-electron chi connectivity index (χ3n) is 1.88. The zero-order valence-corrected chi connectivity index (χ0v) is 7.37. The number of nitrogens with zero attached hydrogens (tertiary/aromatic N) is 1. The Morgan fingerprint density at radius 3 is 3.15 bits per heavy atom. The fourth-order valence-corrected chi connectivity index (χ4v) is 1.34. The zero-order valence-electron chi connectivity index (χ0n) is 7.37. The van der Waals surface area contributed by atoms with Gasteiger partial charge in [0.05, 0.1) is 17.5 Å². The van der Waals surface area contributed by atoms with Gasteiger partial charge >= 0.3 is 0 Å². The van der Waals surface area contributed by atoms with Crippen molar-refractivity contribution in [2.75, 3.05) is 12.3 Å². The number of fused-ring (bicyclic) bond motifs is 1. The minimum atomic E-state index is 0.485. The summed E-state index contributed by atoms with van der Waals surface area (Å²) in [4.78, 5) is 0. The standard InChI is InChI=1S/C9H11N3O/c1-2-13-7-5-3-4-6-8(7)9(10)12-11-6/h3-5H,2H2,1H3,(H3,10,11,12). The molecule has 0 unspecified atom stereocenters. The third-order valence-corrected chi connectivity index (χ3v) is 1.88. The Labute approximate surface area is 75.7 Å². The van der Waals surface area contributed by atoms with Gasteiger partial charge in [-0.25, -0.2) is 0 Å². The van der Waals surface area contributed by atoms with Crippen LogP contribution in [0.2, 0.25) is 0 Å². The molecular formula is C9H11N3O. The maximum Gasteiger partial charge on any atom is 0.156 e. The van der Waals surface area contributed by atoms with Gasteiger partial charge in [0.25, 0.3) is 0 Å². The molecular weight excluding hydrogens is 166 g/mol. The topological polar surface area (TPSA) is 63.9 Å². The molecule has 0 saturated heterocycles. The van der Waals surface area contributed by atoms with E-state index in [1.807, 2.05) is 25.1 Å². The van der Waals surface area contributed by atoms with Crippen LogP contribution in [0.1, 0.15) is 6.92 Å². The van der Waals surface area contributed by atoms with Gasteiger partial charge in [-0.05, 0) is 19.1 Å². The molecule has 2 rings (SSSR count). The molecule has 1 aromatic carbocycles. The summed E-state index contributed by atoms with van der Waals surface area (Å²) >= 11 is 0. The average Bonchev–Trinajstić information content (AvgIpc) is 2.50. The van der Waals surface area contributed by atoms with E-state index in [0.717, 1.165) is 16.7 Å². The van der Waals surface area contributed by atoms with Crippen molar-refractivity contribution in [2.45, 2.75) is 6.92 Å². The largest absolute Gasteiger partial charge is 0.493 e. The van der Waals surface area contributed by atoms with Gasteiger partial charge in [0.2, 0.25) is 0 Å². The van der Waals surface area contributed by atoms with E-state index in [4.69, 9.17) is 10.5 Å². The van der Waals surface area contributed by atoms with Crippen LogP contribution >= 0.6 is 0 Å². The van der Waals surface area contributed by atoms with E-state index < -0.39 is 0 Å². The summed E-state index contributed by atoms with van der Waals surface area (Å²) in [6.07, 6.45) is 0. The molecule has 0 bridgehead atoms. The minimum absolute atomic E-state index is 0.485. The van der Waals surface area contributed by atoms with Gasteiger partial charge in [-0.2, -0.15) is 5.10 Å². The summed E-state index contributed by atoms with van der Waals surface area (Å²) in [5.41, 5.74) is 6.59. The van der Waals surface area contributed by atoms with Crippen LogP contribution in [-0.4, -0.2) is 16.8 Å². The molecule has 1 aromatic heterocycles. The number of nitrogens with one attached hydrogen (secondary N) is 1. The molecule has 3 N–H and O–H groups in total. The van der Waals surface area contributed by atoms with E-state index in [2.05, 4.69) is 10.2 Å². The van der Waals surface area contributed by atoms with Crippen molar-refractivity contribution in [3.63, 3.8) is 0 Å². The number of anilines is 1. The smallest absolute Gasteiger partial charge is 0.156 e. The molecule has 0 atom stereocenters. The Hall–Kier alpha value is -1.71. The van der Waals surface area contributed by atoms with Crippen LogP contribution in [0, 0.1) is 0 Å². The van der Waals surface area contributed by atoms with Crippen molar-refractivity contribution in [3.05, 3.63) is 18.2 Å². The number of aromatic nitrogens is 2. The molecule has 0 spiro atoms. The molecule has 4 heteroatoms. The predicted molar refractivity (Wildman–Crippen MR) is 51.7 cm³/mol. The van der Waals surface area contributed by atoms with Crippen LogP contribution in [0.25, 0.3) is 10.9 Å². The highest BCUT2D eigenvalue weighted by Crippen LogP contribution is 2.28. The van der Waals surface area contributed by atoms with E-state index in [1.54, 1.807) is 0 Å². The molecule has 0 radical (unpaired) electrons. The summed E-state index contributed by atoms with van der Waals surface area (Å²) in [7, 11) is 0. The fourth-order valence-electron chi connectivity index (χ4n) is 1.34. The average molecular weight is 177 g/mol. The first-order valence-electron chi connectivity index (χ1n) is 4.18. The van der Waals surface area contributed by atoms with Crippen molar-refractivity contribution in [1.29, 1.82) is 0 Å². The molecule has 4 nitrogen and oxygen atoms in total. The Bertz CT molecular complexity index is 422. The van der Waals surface area contributed by atoms with Crippen LogP contribution in [0.5, 0.6) is 5.75 Å². The van der Waals surface area contributed by atoms with Gasteiger partial charge < -0.3 is 10.5 Å². The van der Waals surface area contributed by atoms with Crippen molar-refractivity contribution in [1.82, 2.24) is 10.2 Å². The van der Waals surface area contributed by atoms with Gasteiger partial charge in [-0.3, -0.25) is 5.10 Å². The molecule has 0 aliphatic carbocycles. The van der Waals surface area contributed by atoms with Crippen molar-refractivity contribution in [2.24, 2.45) is 0 Å². The van der Waals surface area contributed by atoms with Crippen LogP contribution in [0.15, 0.2) is 18.2 Å². The molecule has 13 heavy (non-hydrogen) atoms. The highest BCUT2D eigenvalue weighted by atomic mass is 16.5. The van der Waals surface area contributed by atoms with Crippen LogP contribution in [0.3, 0.4) is 0 Å². The first kappa shape index (κ1) is 7.91. The zero-order chi connectivity index (χ0) is 9.26. The van der Waals surface area contributed by atoms with Gasteiger partial charge in [0.15, 0.2) is 5.82 Å². The lowest BCUT2D eigenvalue weighted by Gasteiger charge is -2.03. The maximum absolute atomic E-state index is 5.68. The highest BCUT2D eigenvalue weighted by Gasteiger charge is 2.07. The quantitative estimate of drug-likeness (QED) is 0.731. The van der Waals surface area contributed by atoms with E-state index >= 15 is 0 Å². The molecule has 0 aliphatic rings. The first-order valence-corrected chi connectivity index (χ1v) is 4.18. The first-order chi connectivity index (χ1) is 6.33. The lowest BCUT2D eigenvalue weighted by atomic mass is 10.2. The van der Waals surface area contributed by atoms with Gasteiger partial charge in [-0.1, -0.05) is 6.07 Å². The Kier molecular flexibility index (Phi) is 1.81. The van der Waals surface area contributed by atoms with Crippen molar-refractivity contribution >= 4 is 16.7 Å². The second-order valence-electron chi connectivity index (χ2n) is 2.72. The van der Waals surface area contributed by atoms with Crippen LogP contribution in [-0.2, 0) is 0 Å². The number of benzene rings is 1. The van der Waals surface area contributed by atoms with Gasteiger partial charge in [-0.15, -0.1) is 0 Å². The lowest BCUT2D eigenvalue weighted by Crippen LogP contribution is -1.93. The van der Waals surface area contributed by atoms with E-state index in [-0.39, 0.29) is 0 Å². The monoisotopic (exact) mass is 177 g/mol. The number of rotatable bonds is 2. The predicted octanol–water partition coefficient (Wildman–Crippen LogP) is 1.54. The Morgan fingerprint density at radius 2 is 2.38 bits per heavy atom. The molecule has 0 aliphatic heterocycles. The highest BCUT2D eigenvalue weighted by molar-refractivity contribution is 5.94. The van der Waals surface area contributed by atoms with E-state index in [0.29, 0.717) is 12.4 Å². The number of hydrogen-bond acceptors (Lipinski definition) is 3. The van der Waals surface area contributed by atoms with Crippen LogP contribution in [0.4, 0.5) is 5.82 Å². The maximum atomic E-state index is 5.68. The number of hydrogen-bond donors (Lipinski definition) is 2. The summed E-state index contributed by atoms with van der Waals surface area (Å²) in [5.74, 6) is 1.27. The summed E-state index contributed by atoms with van der Waals surface area (Å²) in [5, 5.41) is 7.61.